The molecule has 0 saturated heterocycles. The van der Waals surface area contributed by atoms with Gasteiger partial charge >= 0.3 is 92.4 Å². The van der Waals surface area contributed by atoms with Gasteiger partial charge in [-0.05, 0) is 38.5 Å². The van der Waals surface area contributed by atoms with E-state index in [1.54, 1.807) is 13.3 Å². The van der Waals surface area contributed by atoms with Crippen LogP contribution in [0, 0.1) is 0 Å². The van der Waals surface area contributed by atoms with E-state index in [-0.39, 0.29) is 19.3 Å². The Labute approximate surface area is 351 Å². The van der Waals surface area contributed by atoms with Gasteiger partial charge in [0.2, 0.25) is 0 Å². The van der Waals surface area contributed by atoms with Gasteiger partial charge in [0, 0.05) is 17.9 Å². The molecule has 328 valence electrons. The van der Waals surface area contributed by atoms with E-state index in [0.29, 0.717) is 0 Å². The third kappa shape index (κ3) is 71.4. The molecular formula is C48H96O6Sn. The topological polar surface area (TPSA) is 120 Å². The maximum atomic E-state index is 10.1. The Balaban J connectivity index is -0.000000315. The number of carboxylic acids is 3. The van der Waals surface area contributed by atoms with Crippen molar-refractivity contribution in [2.45, 2.75) is 286 Å². The Kier molecular flexibility index (Phi) is 63.7. The quantitative estimate of drug-likeness (QED) is 0.0448. The van der Waals surface area contributed by atoms with Gasteiger partial charge in [-0.2, -0.15) is 0 Å². The number of hydrogen-bond donors (Lipinski definition) is 0. The summed E-state index contributed by atoms with van der Waals surface area (Å²) < 4.78 is 5.04. The van der Waals surface area contributed by atoms with Gasteiger partial charge in [-0.25, -0.2) is 0 Å². The summed E-state index contributed by atoms with van der Waals surface area (Å²) in [6.07, 6.45) is 42.3. The summed E-state index contributed by atoms with van der Waals surface area (Å²) in [7, 11) is 0. The second-order valence-corrected chi connectivity index (χ2v) is 24.5. The molecule has 7 heteroatoms. The monoisotopic (exact) mass is 889 g/mol. The van der Waals surface area contributed by atoms with Crippen LogP contribution in [0.4, 0.5) is 0 Å². The Morgan fingerprint density at radius 3 is 0.600 bits per heavy atom. The molecule has 0 saturated carbocycles. The zero-order valence-corrected chi connectivity index (χ0v) is 40.9. The molecule has 0 amide bonds. The average molecular weight is 888 g/mol. The predicted octanol–water partition coefficient (Wildman–Crippen LogP) is 12.9. The fourth-order valence-corrected chi connectivity index (χ4v) is 15.8. The van der Waals surface area contributed by atoms with Gasteiger partial charge in [-0.3, -0.25) is 0 Å². The molecule has 0 aliphatic heterocycles. The van der Waals surface area contributed by atoms with Gasteiger partial charge in [-0.1, -0.05) is 175 Å². The molecule has 0 aromatic rings. The summed E-state index contributed by atoms with van der Waals surface area (Å²) in [5, 5.41) is 30.3. The Bertz CT molecular complexity index is 636. The van der Waals surface area contributed by atoms with Crippen LogP contribution in [0.15, 0.2) is 0 Å². The third-order valence-corrected chi connectivity index (χ3v) is 19.2. The summed E-state index contributed by atoms with van der Waals surface area (Å²) in [6.45, 7) is 13.7. The first-order chi connectivity index (χ1) is 26.7. The van der Waals surface area contributed by atoms with E-state index in [1.807, 2.05) is 0 Å². The van der Waals surface area contributed by atoms with Crippen molar-refractivity contribution >= 4 is 37.7 Å². The summed E-state index contributed by atoms with van der Waals surface area (Å²) >= 11 is -0.839. The molecular weight excluding hydrogens is 791 g/mol. The number of carbonyl (C=O) groups excluding carboxylic acids is 3. The van der Waals surface area contributed by atoms with E-state index in [1.165, 1.54) is 173 Å². The standard InChI is InChI=1S/3C12H24O2.3C4H9.Sn/c3*1-2-3-4-5-6-7-8-9-10-11-12(13)14;3*1-3-4-2;/h3*2-11H2,1H3,(H,13,14);3*1,3-4H2,2H3;/q;;;;;;+3/p-3. The van der Waals surface area contributed by atoms with Crippen LogP contribution in [0.2, 0.25) is 13.3 Å². The van der Waals surface area contributed by atoms with E-state index in [9.17, 15) is 29.7 Å². The van der Waals surface area contributed by atoms with Crippen molar-refractivity contribution in [2.75, 3.05) is 0 Å². The molecule has 0 aliphatic rings. The molecule has 0 unspecified atom stereocenters. The first kappa shape index (κ1) is 60.9. The molecule has 0 aromatic carbocycles. The molecule has 0 spiro atoms. The van der Waals surface area contributed by atoms with E-state index < -0.39 is 37.7 Å². The fraction of sp³-hybridized carbons (Fsp3) is 0.938. The second-order valence-electron chi connectivity index (χ2n) is 15.9. The van der Waals surface area contributed by atoms with Crippen molar-refractivity contribution in [1.82, 2.24) is 0 Å². The predicted molar refractivity (Wildman–Crippen MR) is 235 cm³/mol. The number of carboxylic acid groups (broad SMARTS) is 3. The van der Waals surface area contributed by atoms with E-state index in [4.69, 9.17) is 0 Å². The van der Waals surface area contributed by atoms with E-state index in [2.05, 4.69) is 41.5 Å². The molecule has 0 aromatic heterocycles. The molecule has 0 aliphatic carbocycles. The molecule has 4 radical (unpaired) electrons. The fourth-order valence-electron chi connectivity index (χ4n) is 6.40. The summed E-state index contributed by atoms with van der Waals surface area (Å²) in [4.78, 5) is 30.3. The van der Waals surface area contributed by atoms with Crippen LogP contribution in [0.1, 0.15) is 273 Å². The van der Waals surface area contributed by atoms with Crippen LogP contribution in [0.5, 0.6) is 0 Å². The molecule has 0 heterocycles. The molecule has 0 atom stereocenters. The van der Waals surface area contributed by atoms with Crippen molar-refractivity contribution in [2.24, 2.45) is 0 Å². The van der Waals surface area contributed by atoms with Gasteiger partial charge in [0.25, 0.3) is 0 Å². The molecule has 6 nitrogen and oxygen atoms in total. The second kappa shape index (κ2) is 57.5. The van der Waals surface area contributed by atoms with E-state index >= 15 is 0 Å². The van der Waals surface area contributed by atoms with Crippen molar-refractivity contribution < 1.29 is 29.7 Å². The molecule has 55 heavy (non-hydrogen) atoms. The SMILES string of the molecule is CCCCCCCCCCCC(=O)[O-].CCCCCCCCCCCC(=O)[O-].CCCCCCCCCCCC(=O)[O-].CCC[CH2][Sn+3]([CH2]CCC)[CH2]CCC. The van der Waals surface area contributed by atoms with Crippen molar-refractivity contribution in [3.05, 3.63) is 0 Å². The van der Waals surface area contributed by atoms with Crippen LogP contribution in [0.25, 0.3) is 0 Å². The number of unbranched alkanes of at least 4 members (excludes halogenated alkanes) is 27. The third-order valence-electron chi connectivity index (χ3n) is 10.1. The molecule has 0 rings (SSSR count). The van der Waals surface area contributed by atoms with Crippen molar-refractivity contribution in [3.8, 4) is 0 Å². The first-order valence-electron chi connectivity index (χ1n) is 24.1. The van der Waals surface area contributed by atoms with Gasteiger partial charge in [0.15, 0.2) is 0 Å². The average Bonchev–Trinajstić information content (AvgIpc) is 3.16. The minimum atomic E-state index is -0.909. The van der Waals surface area contributed by atoms with Crippen LogP contribution in [0.3, 0.4) is 0 Å². The van der Waals surface area contributed by atoms with Gasteiger partial charge in [0.05, 0.1) is 0 Å². The zero-order chi connectivity index (χ0) is 41.9. The number of carbonyl (C=O) groups is 3. The van der Waals surface area contributed by atoms with Crippen LogP contribution >= 0.6 is 0 Å². The molecule has 0 fully saturated rings. The zero-order valence-electron chi connectivity index (χ0n) is 38.0. The minimum absolute atomic E-state index is 0.232. The Morgan fingerprint density at radius 2 is 0.436 bits per heavy atom. The normalized spacial score (nSPS) is 10.5. The maximum absolute atomic E-state index is 10.1. The number of rotatable bonds is 39. The van der Waals surface area contributed by atoms with Gasteiger partial charge < -0.3 is 29.7 Å². The van der Waals surface area contributed by atoms with Crippen LogP contribution in [-0.4, -0.2) is 37.7 Å². The van der Waals surface area contributed by atoms with Crippen LogP contribution in [-0.2, 0) is 14.4 Å². The number of aliphatic carboxylic acids is 3. The molecule has 0 bridgehead atoms. The van der Waals surface area contributed by atoms with Gasteiger partial charge in [0.1, 0.15) is 0 Å². The van der Waals surface area contributed by atoms with Crippen LogP contribution < -0.4 is 15.3 Å². The summed E-state index contributed by atoms with van der Waals surface area (Å²) in [6, 6.07) is 0. The summed E-state index contributed by atoms with van der Waals surface area (Å²) in [5.41, 5.74) is 0. The van der Waals surface area contributed by atoms with Gasteiger partial charge in [-0.15, -0.1) is 0 Å². The van der Waals surface area contributed by atoms with Crippen molar-refractivity contribution in [1.29, 1.82) is 0 Å². The Morgan fingerprint density at radius 1 is 0.273 bits per heavy atom. The number of hydrogen-bond acceptors (Lipinski definition) is 6. The Hall–Kier alpha value is -0.791. The van der Waals surface area contributed by atoms with Crippen molar-refractivity contribution in [3.63, 3.8) is 0 Å². The van der Waals surface area contributed by atoms with E-state index in [0.717, 1.165) is 38.5 Å². The first-order valence-corrected chi connectivity index (χ1v) is 30.1. The summed E-state index contributed by atoms with van der Waals surface area (Å²) in [5.74, 6) is -2.73. The molecule has 0 N–H and O–H groups in total.